The Bertz CT molecular complexity index is 717. The quantitative estimate of drug-likeness (QED) is 0.272. The van der Waals surface area contributed by atoms with Gasteiger partial charge in [0.2, 0.25) is 5.91 Å². The van der Waals surface area contributed by atoms with E-state index in [1.54, 1.807) is 0 Å². The predicted octanol–water partition coefficient (Wildman–Crippen LogP) is 3.07. The minimum absolute atomic E-state index is 0.0788. The summed E-state index contributed by atoms with van der Waals surface area (Å²) in [5.74, 6) is 1.73. The molecule has 6 unspecified atom stereocenters. The van der Waals surface area contributed by atoms with Gasteiger partial charge in [-0.1, -0.05) is 70.5 Å². The number of carbonyl (C=O) groups is 1. The molecule has 178 valence electrons. The van der Waals surface area contributed by atoms with Crippen LogP contribution in [0.5, 0.6) is 0 Å². The lowest BCUT2D eigenvalue weighted by molar-refractivity contribution is -0.196. The molecule has 0 radical (unpaired) electrons. The van der Waals surface area contributed by atoms with Crippen LogP contribution in [0.3, 0.4) is 0 Å². The summed E-state index contributed by atoms with van der Waals surface area (Å²) in [5.41, 5.74) is 0.396. The molecule has 0 saturated carbocycles. The van der Waals surface area contributed by atoms with Gasteiger partial charge in [0.25, 0.3) is 0 Å². The first-order valence-corrected chi connectivity index (χ1v) is 14.6. The molecule has 0 spiro atoms. The number of amides is 1. The standard InChI is InChI=1S/C23H33NO5S3/c25-19(11-5-4-10-17-12-14-31-32-17)24-15-18-20(26)21(27)22(28)23(29-18)30-13-6-9-16-7-2-1-3-8-16/h1-3,6-9,17-18,20-23,26-28H,4-5,10-15H2,(H,24,25)/b9-6+. The molecule has 6 atom stereocenters. The maximum absolute atomic E-state index is 12.2. The van der Waals surface area contributed by atoms with Gasteiger partial charge in [0.05, 0.1) is 0 Å². The van der Waals surface area contributed by atoms with E-state index < -0.39 is 29.9 Å². The zero-order chi connectivity index (χ0) is 22.8. The molecule has 2 fully saturated rings. The van der Waals surface area contributed by atoms with Crippen molar-refractivity contribution >= 4 is 45.3 Å². The molecular formula is C23H33NO5S3. The first kappa shape index (κ1) is 25.9. The Kier molecular flexibility index (Phi) is 11.3. The van der Waals surface area contributed by atoms with E-state index in [1.807, 2.05) is 64.1 Å². The number of rotatable bonds is 11. The largest absolute Gasteiger partial charge is 0.388 e. The number of thioether (sulfide) groups is 1. The molecule has 2 saturated heterocycles. The molecule has 0 aromatic heterocycles. The molecule has 4 N–H and O–H groups in total. The fourth-order valence-corrected chi connectivity index (χ4v) is 7.65. The van der Waals surface area contributed by atoms with Crippen LogP contribution in [-0.4, -0.2) is 74.4 Å². The van der Waals surface area contributed by atoms with Gasteiger partial charge >= 0.3 is 0 Å². The second kappa shape index (κ2) is 13.9. The molecule has 3 rings (SSSR count). The van der Waals surface area contributed by atoms with Crippen LogP contribution in [0.1, 0.15) is 37.7 Å². The van der Waals surface area contributed by atoms with E-state index in [0.717, 1.165) is 30.1 Å². The van der Waals surface area contributed by atoms with Gasteiger partial charge in [0, 0.05) is 29.7 Å². The molecule has 0 bridgehead atoms. The second-order valence-electron chi connectivity index (χ2n) is 8.04. The normalized spacial score (nSPS) is 30.6. The van der Waals surface area contributed by atoms with Crippen LogP contribution in [0.4, 0.5) is 0 Å². The maximum atomic E-state index is 12.2. The number of aliphatic hydroxyl groups excluding tert-OH is 3. The lowest BCUT2D eigenvalue weighted by Gasteiger charge is -2.40. The van der Waals surface area contributed by atoms with Crippen LogP contribution in [-0.2, 0) is 9.53 Å². The fourth-order valence-electron chi connectivity index (χ4n) is 3.65. The SMILES string of the molecule is O=C(CCCCC1CCSS1)NCC1OC(SC/C=C/c2ccccc2)C(O)C(O)C1O. The van der Waals surface area contributed by atoms with Crippen LogP contribution in [0, 0.1) is 0 Å². The molecule has 0 aliphatic carbocycles. The zero-order valence-corrected chi connectivity index (χ0v) is 20.5. The van der Waals surface area contributed by atoms with Gasteiger partial charge in [0.15, 0.2) is 0 Å². The summed E-state index contributed by atoms with van der Waals surface area (Å²) in [6.45, 7) is 0.107. The minimum Gasteiger partial charge on any atom is -0.388 e. The van der Waals surface area contributed by atoms with Gasteiger partial charge in [-0.2, -0.15) is 0 Å². The lowest BCUT2D eigenvalue weighted by Crippen LogP contribution is -2.59. The highest BCUT2D eigenvalue weighted by atomic mass is 33.1. The second-order valence-corrected chi connectivity index (χ2v) is 12.0. The number of unbranched alkanes of at least 4 members (excludes halogenated alkanes) is 1. The first-order valence-electron chi connectivity index (χ1n) is 11.1. The van der Waals surface area contributed by atoms with Crippen molar-refractivity contribution in [3.63, 3.8) is 0 Å². The first-order chi connectivity index (χ1) is 15.5. The van der Waals surface area contributed by atoms with Crippen LogP contribution in [0.25, 0.3) is 6.08 Å². The summed E-state index contributed by atoms with van der Waals surface area (Å²) in [6, 6.07) is 9.88. The Morgan fingerprint density at radius 3 is 2.72 bits per heavy atom. The van der Waals surface area contributed by atoms with Crippen molar-refractivity contribution in [2.45, 2.75) is 67.2 Å². The Labute approximate surface area is 202 Å². The fraction of sp³-hybridized carbons (Fsp3) is 0.609. The van der Waals surface area contributed by atoms with Crippen molar-refractivity contribution in [3.8, 4) is 0 Å². The molecule has 9 heteroatoms. The van der Waals surface area contributed by atoms with E-state index in [9.17, 15) is 20.1 Å². The zero-order valence-electron chi connectivity index (χ0n) is 18.0. The molecule has 2 aliphatic rings. The summed E-state index contributed by atoms with van der Waals surface area (Å²) in [6.07, 6.45) is 4.15. The van der Waals surface area contributed by atoms with Gasteiger partial charge in [-0.3, -0.25) is 4.79 Å². The summed E-state index contributed by atoms with van der Waals surface area (Å²) in [5, 5.41) is 34.3. The Hall–Kier alpha value is -0.680. The van der Waals surface area contributed by atoms with Crippen molar-refractivity contribution in [3.05, 3.63) is 42.0 Å². The highest BCUT2D eigenvalue weighted by molar-refractivity contribution is 8.77. The van der Waals surface area contributed by atoms with Crippen molar-refractivity contribution in [1.29, 1.82) is 0 Å². The number of benzene rings is 1. The average molecular weight is 500 g/mol. The van der Waals surface area contributed by atoms with Crippen molar-refractivity contribution < 1.29 is 24.9 Å². The van der Waals surface area contributed by atoms with E-state index in [0.29, 0.717) is 12.2 Å². The van der Waals surface area contributed by atoms with E-state index in [4.69, 9.17) is 4.74 Å². The topological polar surface area (TPSA) is 99.0 Å². The number of aliphatic hydroxyl groups is 3. The molecular weight excluding hydrogens is 466 g/mol. The van der Waals surface area contributed by atoms with Gasteiger partial charge in [-0.25, -0.2) is 0 Å². The molecule has 32 heavy (non-hydrogen) atoms. The highest BCUT2D eigenvalue weighted by Crippen LogP contribution is 2.39. The Morgan fingerprint density at radius 1 is 1.16 bits per heavy atom. The Morgan fingerprint density at radius 2 is 1.97 bits per heavy atom. The molecule has 1 aromatic rings. The van der Waals surface area contributed by atoms with Crippen molar-refractivity contribution in [1.82, 2.24) is 5.32 Å². The molecule has 2 aliphatic heterocycles. The summed E-state index contributed by atoms with van der Waals surface area (Å²) in [7, 11) is 3.89. The van der Waals surface area contributed by atoms with Gasteiger partial charge < -0.3 is 25.4 Å². The van der Waals surface area contributed by atoms with Crippen LogP contribution < -0.4 is 5.32 Å². The average Bonchev–Trinajstić information content (AvgIpc) is 3.33. The molecule has 2 heterocycles. The molecule has 6 nitrogen and oxygen atoms in total. The van der Waals surface area contributed by atoms with Crippen LogP contribution >= 0.6 is 33.3 Å². The monoisotopic (exact) mass is 499 g/mol. The van der Waals surface area contributed by atoms with Crippen LogP contribution in [0.2, 0.25) is 0 Å². The van der Waals surface area contributed by atoms with E-state index in [-0.39, 0.29) is 12.5 Å². The van der Waals surface area contributed by atoms with Gasteiger partial charge in [0.1, 0.15) is 29.9 Å². The number of carbonyl (C=O) groups excluding carboxylic acids is 1. The van der Waals surface area contributed by atoms with Gasteiger partial charge in [-0.05, 0) is 24.8 Å². The van der Waals surface area contributed by atoms with E-state index in [1.165, 1.54) is 23.9 Å². The third-order valence-electron chi connectivity index (χ3n) is 5.54. The molecule has 1 amide bonds. The van der Waals surface area contributed by atoms with E-state index >= 15 is 0 Å². The lowest BCUT2D eigenvalue weighted by atomic mass is 10.00. The maximum Gasteiger partial charge on any atom is 0.220 e. The number of hydrogen-bond acceptors (Lipinski definition) is 8. The van der Waals surface area contributed by atoms with Gasteiger partial charge in [-0.15, -0.1) is 11.8 Å². The third kappa shape index (κ3) is 8.27. The number of nitrogens with one attached hydrogen (secondary N) is 1. The number of hydrogen-bond donors (Lipinski definition) is 4. The minimum atomic E-state index is -1.32. The Balaban J connectivity index is 1.37. The summed E-state index contributed by atoms with van der Waals surface area (Å²) < 4.78 is 5.83. The smallest absolute Gasteiger partial charge is 0.220 e. The predicted molar refractivity (Wildman–Crippen MR) is 135 cm³/mol. The number of ether oxygens (including phenoxy) is 1. The van der Waals surface area contributed by atoms with E-state index in [2.05, 4.69) is 5.32 Å². The van der Waals surface area contributed by atoms with Crippen LogP contribution in [0.15, 0.2) is 36.4 Å². The summed E-state index contributed by atoms with van der Waals surface area (Å²) >= 11 is 1.35. The van der Waals surface area contributed by atoms with Crippen molar-refractivity contribution in [2.75, 3.05) is 18.1 Å². The third-order valence-corrected chi connectivity index (χ3v) is 9.65. The molecule has 1 aromatic carbocycles. The van der Waals surface area contributed by atoms with Crippen molar-refractivity contribution in [2.24, 2.45) is 0 Å². The highest BCUT2D eigenvalue weighted by Gasteiger charge is 2.43. The summed E-state index contributed by atoms with van der Waals surface area (Å²) in [4.78, 5) is 12.2.